The van der Waals surface area contributed by atoms with Crippen LogP contribution in [0.5, 0.6) is 11.5 Å². The molecule has 0 unspecified atom stereocenters. The maximum Gasteiger partial charge on any atom is 0.340 e. The molecule has 0 saturated heterocycles. The maximum absolute atomic E-state index is 12.8. The monoisotopic (exact) mass is 415 g/mol. The van der Waals surface area contributed by atoms with E-state index in [2.05, 4.69) is 4.98 Å². The number of carbonyl (C=O) groups is 2. The van der Waals surface area contributed by atoms with Gasteiger partial charge in [-0.25, -0.2) is 9.59 Å². The van der Waals surface area contributed by atoms with Crippen LogP contribution in [0.1, 0.15) is 59.3 Å². The first-order valence-electron chi connectivity index (χ1n) is 10.1. The summed E-state index contributed by atoms with van der Waals surface area (Å²) in [6.45, 7) is 9.85. The Kier molecular flexibility index (Phi) is 8.21. The van der Waals surface area contributed by atoms with E-state index in [1.54, 1.807) is 53.0 Å². The summed E-state index contributed by atoms with van der Waals surface area (Å²) in [5, 5.41) is 0. The van der Waals surface area contributed by atoms with E-state index in [4.69, 9.17) is 18.9 Å². The Morgan fingerprint density at radius 3 is 1.93 bits per heavy atom. The van der Waals surface area contributed by atoms with E-state index >= 15 is 0 Å². The van der Waals surface area contributed by atoms with E-state index in [-0.39, 0.29) is 24.3 Å². The summed E-state index contributed by atoms with van der Waals surface area (Å²) in [6, 6.07) is 5.29. The van der Waals surface area contributed by atoms with E-state index in [1.165, 1.54) is 0 Å². The number of esters is 2. The first-order chi connectivity index (χ1) is 14.4. The van der Waals surface area contributed by atoms with Crippen LogP contribution < -0.4 is 9.47 Å². The van der Waals surface area contributed by atoms with Crippen molar-refractivity contribution in [2.24, 2.45) is 0 Å². The van der Waals surface area contributed by atoms with E-state index in [0.29, 0.717) is 40.6 Å². The van der Waals surface area contributed by atoms with Crippen LogP contribution >= 0.6 is 0 Å². The zero-order valence-corrected chi connectivity index (χ0v) is 18.5. The highest BCUT2D eigenvalue weighted by Gasteiger charge is 2.28. The lowest BCUT2D eigenvalue weighted by Gasteiger charge is -2.19. The zero-order chi connectivity index (χ0) is 22.3. The second-order valence-electron chi connectivity index (χ2n) is 6.56. The van der Waals surface area contributed by atoms with Crippen LogP contribution in [0.15, 0.2) is 18.2 Å². The first-order valence-corrected chi connectivity index (χ1v) is 10.1. The largest absolute Gasteiger partial charge is 0.493 e. The summed E-state index contributed by atoms with van der Waals surface area (Å²) >= 11 is 0. The van der Waals surface area contributed by atoms with Gasteiger partial charge in [-0.2, -0.15) is 0 Å². The molecule has 0 saturated carbocycles. The molecule has 2 aromatic rings. The van der Waals surface area contributed by atoms with Gasteiger partial charge in [-0.1, -0.05) is 13.0 Å². The van der Waals surface area contributed by atoms with Crippen molar-refractivity contribution in [2.45, 2.75) is 41.0 Å². The van der Waals surface area contributed by atoms with E-state index < -0.39 is 11.9 Å². The Morgan fingerprint density at radius 2 is 1.47 bits per heavy atom. The van der Waals surface area contributed by atoms with Crippen LogP contribution in [0.2, 0.25) is 0 Å². The van der Waals surface area contributed by atoms with Crippen molar-refractivity contribution in [3.63, 3.8) is 0 Å². The summed E-state index contributed by atoms with van der Waals surface area (Å²) in [7, 11) is 1.54. The van der Waals surface area contributed by atoms with Crippen LogP contribution in [0.3, 0.4) is 0 Å². The predicted octanol–water partition coefficient (Wildman–Crippen LogP) is 4.52. The number of aromatic nitrogens is 1. The fourth-order valence-electron chi connectivity index (χ4n) is 3.20. The molecule has 0 spiro atoms. The molecule has 0 amide bonds. The second-order valence-corrected chi connectivity index (χ2v) is 6.56. The molecule has 1 aromatic heterocycles. The average molecular weight is 415 g/mol. The number of benzene rings is 1. The molecule has 0 bridgehead atoms. The molecule has 7 heteroatoms. The molecule has 1 heterocycles. The van der Waals surface area contributed by atoms with Crippen LogP contribution in [0, 0.1) is 13.8 Å². The van der Waals surface area contributed by atoms with Gasteiger partial charge in [0.2, 0.25) is 0 Å². The lowest BCUT2D eigenvalue weighted by molar-refractivity contribution is 0.0525. The molecule has 162 valence electrons. The summed E-state index contributed by atoms with van der Waals surface area (Å²) in [5.41, 5.74) is 2.43. The SMILES string of the molecule is CCCOc1ccc(-c2c(C(=O)OCC)c(C)nc(C)c2C(=O)OCC)cc1OC. The Morgan fingerprint density at radius 1 is 0.900 bits per heavy atom. The molecule has 2 rings (SSSR count). The van der Waals surface area contributed by atoms with Gasteiger partial charge >= 0.3 is 11.9 Å². The van der Waals surface area contributed by atoms with Crippen molar-refractivity contribution in [3.05, 3.63) is 40.7 Å². The molecule has 0 atom stereocenters. The number of methoxy groups -OCH3 is 1. The molecule has 0 N–H and O–H groups in total. The summed E-state index contributed by atoms with van der Waals surface area (Å²) in [5.74, 6) is -0.0136. The second kappa shape index (κ2) is 10.6. The number of pyridine rings is 1. The van der Waals surface area contributed by atoms with Crippen molar-refractivity contribution in [1.82, 2.24) is 4.98 Å². The fraction of sp³-hybridized carbons (Fsp3) is 0.435. The zero-order valence-electron chi connectivity index (χ0n) is 18.5. The molecule has 0 aliphatic carbocycles. The standard InChI is InChI=1S/C23H29NO6/c1-7-12-30-17-11-10-16(13-18(17)27-6)21-19(22(25)28-8-2)14(4)24-15(5)20(21)23(26)29-9-3/h10-11,13H,7-9,12H2,1-6H3. The predicted molar refractivity (Wildman–Crippen MR) is 113 cm³/mol. The van der Waals surface area contributed by atoms with Crippen LogP contribution in [0.4, 0.5) is 0 Å². The number of hydrogen-bond acceptors (Lipinski definition) is 7. The highest BCUT2D eigenvalue weighted by Crippen LogP contribution is 2.37. The smallest absolute Gasteiger partial charge is 0.340 e. The van der Waals surface area contributed by atoms with Crippen molar-refractivity contribution >= 4 is 11.9 Å². The van der Waals surface area contributed by atoms with E-state index in [0.717, 1.165) is 6.42 Å². The number of nitrogens with zero attached hydrogens (tertiary/aromatic N) is 1. The van der Waals surface area contributed by atoms with Gasteiger partial charge in [-0.15, -0.1) is 0 Å². The Hall–Kier alpha value is -3.09. The Labute approximate surface area is 177 Å². The minimum Gasteiger partial charge on any atom is -0.493 e. The van der Waals surface area contributed by atoms with Gasteiger partial charge in [-0.05, 0) is 51.8 Å². The minimum atomic E-state index is -0.548. The Bertz CT molecular complexity index is 880. The molecular formula is C23H29NO6. The van der Waals surface area contributed by atoms with Crippen molar-refractivity contribution in [2.75, 3.05) is 26.9 Å². The van der Waals surface area contributed by atoms with Gasteiger partial charge in [0.25, 0.3) is 0 Å². The van der Waals surface area contributed by atoms with Crippen LogP contribution in [-0.2, 0) is 9.47 Å². The molecule has 0 aliphatic heterocycles. The highest BCUT2D eigenvalue weighted by molar-refractivity contribution is 6.07. The molecule has 30 heavy (non-hydrogen) atoms. The molecule has 0 radical (unpaired) electrons. The van der Waals surface area contributed by atoms with Gasteiger partial charge in [0.05, 0.1) is 49.4 Å². The third-order valence-corrected chi connectivity index (χ3v) is 4.43. The molecular weight excluding hydrogens is 386 g/mol. The number of rotatable bonds is 9. The van der Waals surface area contributed by atoms with E-state index in [9.17, 15) is 9.59 Å². The molecule has 0 fully saturated rings. The van der Waals surface area contributed by atoms with Crippen molar-refractivity contribution in [1.29, 1.82) is 0 Å². The van der Waals surface area contributed by atoms with Gasteiger partial charge < -0.3 is 18.9 Å². The lowest BCUT2D eigenvalue weighted by Crippen LogP contribution is -2.17. The molecule has 7 nitrogen and oxygen atoms in total. The maximum atomic E-state index is 12.8. The number of aryl methyl sites for hydroxylation is 2. The lowest BCUT2D eigenvalue weighted by atomic mass is 9.92. The molecule has 0 aliphatic rings. The quantitative estimate of drug-likeness (QED) is 0.557. The number of carbonyl (C=O) groups excluding carboxylic acids is 2. The van der Waals surface area contributed by atoms with Gasteiger partial charge in [0, 0.05) is 5.56 Å². The van der Waals surface area contributed by atoms with E-state index in [1.807, 2.05) is 6.92 Å². The minimum absolute atomic E-state index is 0.202. The third kappa shape index (κ3) is 4.90. The number of ether oxygens (including phenoxy) is 4. The van der Waals surface area contributed by atoms with Crippen molar-refractivity contribution in [3.8, 4) is 22.6 Å². The normalized spacial score (nSPS) is 10.5. The summed E-state index contributed by atoms with van der Waals surface area (Å²) < 4.78 is 21.7. The topological polar surface area (TPSA) is 84.0 Å². The Balaban J connectivity index is 2.80. The van der Waals surface area contributed by atoms with Gasteiger partial charge in [0.1, 0.15) is 0 Å². The summed E-state index contributed by atoms with van der Waals surface area (Å²) in [4.78, 5) is 30.0. The highest BCUT2D eigenvalue weighted by atomic mass is 16.5. The number of hydrogen-bond donors (Lipinski definition) is 0. The molecule has 1 aromatic carbocycles. The van der Waals surface area contributed by atoms with Gasteiger partial charge in [0.15, 0.2) is 11.5 Å². The first kappa shape index (κ1) is 23.2. The van der Waals surface area contributed by atoms with Crippen LogP contribution in [0.25, 0.3) is 11.1 Å². The fourth-order valence-corrected chi connectivity index (χ4v) is 3.20. The summed E-state index contributed by atoms with van der Waals surface area (Å²) in [6.07, 6.45) is 0.855. The third-order valence-electron chi connectivity index (χ3n) is 4.43. The van der Waals surface area contributed by atoms with Crippen molar-refractivity contribution < 1.29 is 28.5 Å². The average Bonchev–Trinajstić information content (AvgIpc) is 2.71. The van der Waals surface area contributed by atoms with Gasteiger partial charge in [-0.3, -0.25) is 4.98 Å². The van der Waals surface area contributed by atoms with Crippen LogP contribution in [-0.4, -0.2) is 43.9 Å².